The second kappa shape index (κ2) is 6.93. The Morgan fingerprint density at radius 2 is 1.77 bits per heavy atom. The van der Waals surface area contributed by atoms with E-state index >= 15 is 0 Å². The largest absolute Gasteiger partial charge is 0.457 e. The Morgan fingerprint density at radius 3 is 2.62 bits per heavy atom. The van der Waals surface area contributed by atoms with Crippen molar-refractivity contribution in [3.8, 4) is 11.5 Å². The van der Waals surface area contributed by atoms with Crippen LogP contribution in [0.2, 0.25) is 0 Å². The smallest absolute Gasteiger partial charge is 0.261 e. The van der Waals surface area contributed by atoms with Crippen LogP contribution < -0.4 is 10.1 Å². The molecule has 4 nitrogen and oxygen atoms in total. The van der Waals surface area contributed by atoms with Crippen LogP contribution in [0.5, 0.6) is 11.5 Å². The zero-order valence-electron chi connectivity index (χ0n) is 13.5. The molecule has 0 aliphatic rings. The van der Waals surface area contributed by atoms with E-state index in [1.807, 2.05) is 30.3 Å². The van der Waals surface area contributed by atoms with E-state index in [-0.39, 0.29) is 11.7 Å². The molecule has 0 fully saturated rings. The maximum absolute atomic E-state index is 13.3. The van der Waals surface area contributed by atoms with E-state index in [9.17, 15) is 9.18 Å². The van der Waals surface area contributed by atoms with Crippen molar-refractivity contribution in [1.82, 2.24) is 4.98 Å². The van der Waals surface area contributed by atoms with Crippen molar-refractivity contribution in [3.63, 3.8) is 0 Å². The summed E-state index contributed by atoms with van der Waals surface area (Å²) in [5.41, 5.74) is 1.03. The fraction of sp³-hybridized carbons (Fsp3) is 0. The van der Waals surface area contributed by atoms with Crippen LogP contribution in [0.25, 0.3) is 10.2 Å². The Hall–Kier alpha value is -3.25. The molecule has 6 heteroatoms. The predicted molar refractivity (Wildman–Crippen MR) is 100 cm³/mol. The third kappa shape index (κ3) is 3.41. The molecule has 0 saturated carbocycles. The SMILES string of the molecule is O=C(Nc1nc2ccc(F)cc2s1)c1ccccc1Oc1ccccc1. The number of halogens is 1. The molecule has 128 valence electrons. The summed E-state index contributed by atoms with van der Waals surface area (Å²) < 4.78 is 19.8. The lowest BCUT2D eigenvalue weighted by atomic mass is 10.2. The molecular weight excluding hydrogens is 351 g/mol. The fourth-order valence-corrected chi connectivity index (χ4v) is 3.36. The van der Waals surface area contributed by atoms with Crippen molar-refractivity contribution in [2.24, 2.45) is 0 Å². The van der Waals surface area contributed by atoms with Crippen molar-refractivity contribution < 1.29 is 13.9 Å². The molecule has 1 heterocycles. The van der Waals surface area contributed by atoms with Gasteiger partial charge in [-0.3, -0.25) is 10.1 Å². The van der Waals surface area contributed by atoms with Gasteiger partial charge in [-0.25, -0.2) is 9.37 Å². The van der Waals surface area contributed by atoms with Crippen LogP contribution in [-0.2, 0) is 0 Å². The number of amides is 1. The molecular formula is C20H13FN2O2S. The van der Waals surface area contributed by atoms with E-state index in [0.29, 0.717) is 32.4 Å². The number of nitrogens with one attached hydrogen (secondary N) is 1. The molecule has 1 aromatic heterocycles. The molecule has 0 atom stereocenters. The molecule has 0 unspecified atom stereocenters. The third-order valence-electron chi connectivity index (χ3n) is 3.67. The second-order valence-corrected chi connectivity index (χ2v) is 6.53. The normalized spacial score (nSPS) is 10.7. The molecule has 1 amide bonds. The first-order valence-corrected chi connectivity index (χ1v) is 8.70. The van der Waals surface area contributed by atoms with Crippen LogP contribution in [-0.4, -0.2) is 10.9 Å². The van der Waals surface area contributed by atoms with E-state index in [0.717, 1.165) is 0 Å². The van der Waals surface area contributed by atoms with Crippen LogP contribution in [0.1, 0.15) is 10.4 Å². The second-order valence-electron chi connectivity index (χ2n) is 5.50. The minimum Gasteiger partial charge on any atom is -0.457 e. The molecule has 0 saturated heterocycles. The van der Waals surface area contributed by atoms with Crippen molar-refractivity contribution in [2.45, 2.75) is 0 Å². The van der Waals surface area contributed by atoms with Gasteiger partial charge in [-0.15, -0.1) is 0 Å². The number of carbonyl (C=O) groups is 1. The highest BCUT2D eigenvalue weighted by Gasteiger charge is 2.15. The van der Waals surface area contributed by atoms with E-state index in [1.54, 1.807) is 30.3 Å². The van der Waals surface area contributed by atoms with Crippen LogP contribution in [0.4, 0.5) is 9.52 Å². The van der Waals surface area contributed by atoms with Crippen LogP contribution in [0, 0.1) is 5.82 Å². The van der Waals surface area contributed by atoms with E-state index in [2.05, 4.69) is 10.3 Å². The Kier molecular flexibility index (Phi) is 4.33. The molecule has 0 aliphatic carbocycles. The van der Waals surface area contributed by atoms with Gasteiger partial charge in [0.25, 0.3) is 5.91 Å². The summed E-state index contributed by atoms with van der Waals surface area (Å²) in [7, 11) is 0. The van der Waals surface area contributed by atoms with Crippen LogP contribution in [0.3, 0.4) is 0 Å². The number of para-hydroxylation sites is 2. The van der Waals surface area contributed by atoms with Crippen molar-refractivity contribution in [2.75, 3.05) is 5.32 Å². The molecule has 4 aromatic rings. The van der Waals surface area contributed by atoms with Crippen molar-refractivity contribution in [3.05, 3.63) is 84.2 Å². The summed E-state index contributed by atoms with van der Waals surface area (Å²) in [5, 5.41) is 3.17. The van der Waals surface area contributed by atoms with Gasteiger partial charge in [-0.2, -0.15) is 0 Å². The summed E-state index contributed by atoms with van der Waals surface area (Å²) in [6.45, 7) is 0. The zero-order chi connectivity index (χ0) is 17.9. The summed E-state index contributed by atoms with van der Waals surface area (Å²) >= 11 is 1.22. The topological polar surface area (TPSA) is 51.2 Å². The first-order chi connectivity index (χ1) is 12.7. The Morgan fingerprint density at radius 1 is 1.00 bits per heavy atom. The minimum absolute atomic E-state index is 0.333. The molecule has 0 spiro atoms. The average Bonchev–Trinajstić information content (AvgIpc) is 3.04. The first kappa shape index (κ1) is 16.2. The highest BCUT2D eigenvalue weighted by Crippen LogP contribution is 2.29. The quantitative estimate of drug-likeness (QED) is 0.522. The fourth-order valence-electron chi connectivity index (χ4n) is 2.48. The van der Waals surface area contributed by atoms with Crippen molar-refractivity contribution in [1.29, 1.82) is 0 Å². The van der Waals surface area contributed by atoms with Gasteiger partial charge in [-0.1, -0.05) is 41.7 Å². The van der Waals surface area contributed by atoms with Gasteiger partial charge in [0.1, 0.15) is 17.3 Å². The molecule has 26 heavy (non-hydrogen) atoms. The Labute approximate surface area is 152 Å². The van der Waals surface area contributed by atoms with E-state index in [4.69, 9.17) is 4.74 Å². The maximum atomic E-state index is 13.3. The van der Waals surface area contributed by atoms with Gasteiger partial charge in [-0.05, 0) is 42.5 Å². The summed E-state index contributed by atoms with van der Waals surface area (Å²) in [6, 6.07) is 20.5. The number of aromatic nitrogens is 1. The minimum atomic E-state index is -0.337. The maximum Gasteiger partial charge on any atom is 0.261 e. The molecule has 3 aromatic carbocycles. The number of ether oxygens (including phenoxy) is 1. The summed E-state index contributed by atoms with van der Waals surface area (Å²) in [4.78, 5) is 17.0. The van der Waals surface area contributed by atoms with Gasteiger partial charge < -0.3 is 4.74 Å². The number of carbonyl (C=O) groups excluding carboxylic acids is 1. The first-order valence-electron chi connectivity index (χ1n) is 7.88. The number of anilines is 1. The molecule has 0 radical (unpaired) electrons. The highest BCUT2D eigenvalue weighted by molar-refractivity contribution is 7.22. The standard InChI is InChI=1S/C20H13FN2O2S/c21-13-10-11-16-18(12-13)26-20(22-16)23-19(24)15-8-4-5-9-17(15)25-14-6-2-1-3-7-14/h1-12H,(H,22,23,24). The van der Waals surface area contributed by atoms with Crippen molar-refractivity contribution >= 4 is 32.6 Å². The van der Waals surface area contributed by atoms with Crippen LogP contribution in [0.15, 0.2) is 72.8 Å². The number of hydrogen-bond acceptors (Lipinski definition) is 4. The van der Waals surface area contributed by atoms with Gasteiger partial charge in [0.05, 0.1) is 15.8 Å². The predicted octanol–water partition coefficient (Wildman–Crippen LogP) is 5.48. The zero-order valence-corrected chi connectivity index (χ0v) is 14.3. The highest BCUT2D eigenvalue weighted by atomic mass is 32.1. The number of hydrogen-bond donors (Lipinski definition) is 1. The van der Waals surface area contributed by atoms with Crippen LogP contribution >= 0.6 is 11.3 Å². The summed E-state index contributed by atoms with van der Waals surface area (Å²) in [6.07, 6.45) is 0. The monoisotopic (exact) mass is 364 g/mol. The number of nitrogens with zero attached hydrogens (tertiary/aromatic N) is 1. The van der Waals surface area contributed by atoms with E-state index < -0.39 is 0 Å². The number of fused-ring (bicyclic) bond motifs is 1. The number of rotatable bonds is 4. The van der Waals surface area contributed by atoms with Gasteiger partial charge >= 0.3 is 0 Å². The van der Waals surface area contributed by atoms with E-state index in [1.165, 1.54) is 23.5 Å². The third-order valence-corrected chi connectivity index (χ3v) is 4.61. The van der Waals surface area contributed by atoms with Gasteiger partial charge in [0.15, 0.2) is 5.13 Å². The molecule has 0 bridgehead atoms. The Balaban J connectivity index is 1.59. The summed E-state index contributed by atoms with van der Waals surface area (Å²) in [5.74, 6) is 0.420. The van der Waals surface area contributed by atoms with Gasteiger partial charge in [0, 0.05) is 0 Å². The Bertz CT molecular complexity index is 1080. The lowest BCUT2D eigenvalue weighted by Crippen LogP contribution is -2.12. The molecule has 0 aliphatic heterocycles. The average molecular weight is 364 g/mol. The molecule has 4 rings (SSSR count). The lowest BCUT2D eigenvalue weighted by molar-refractivity contribution is 0.102. The molecule has 1 N–H and O–H groups in total. The number of thiazole rings is 1. The number of benzene rings is 3. The van der Waals surface area contributed by atoms with Gasteiger partial charge in [0.2, 0.25) is 0 Å². The lowest BCUT2D eigenvalue weighted by Gasteiger charge is -2.10.